The first kappa shape index (κ1) is 35.0. The number of rotatable bonds is 14. The standard InChI is InChI=1S/C43H43N5O3/c1-4-5-25-39(49)47(40(31(2)3)42(50)51)30-32-26-28-33(29-27-32)37-23-15-16-24-38(37)41-44-45-46-48(41)43(34-17-9-6-10-18-34,35-19-11-7-12-20-35)36-21-13-8-14-22-36/h6-24,26-29,31,40H,4-5,25,30H2,1-3H3,(H,50,51)/t40-/m1/s1. The van der Waals surface area contributed by atoms with Crippen molar-refractivity contribution < 1.29 is 14.7 Å². The molecule has 0 fully saturated rings. The number of hydrogen-bond donors (Lipinski definition) is 1. The number of carboxylic acids is 1. The van der Waals surface area contributed by atoms with Gasteiger partial charge in [-0.15, -0.1) is 5.10 Å². The zero-order chi connectivity index (χ0) is 35.8. The van der Waals surface area contributed by atoms with Crippen molar-refractivity contribution in [2.24, 2.45) is 5.92 Å². The maximum absolute atomic E-state index is 13.3. The highest BCUT2D eigenvalue weighted by molar-refractivity contribution is 5.84. The number of tetrazole rings is 1. The summed E-state index contributed by atoms with van der Waals surface area (Å²) in [5, 5.41) is 23.7. The SMILES string of the molecule is CCCCC(=O)N(Cc1ccc(-c2ccccc2-c2nnnn2C(c2ccccc2)(c2ccccc2)c2ccccc2)cc1)[C@@H](C(=O)O)C(C)C. The van der Waals surface area contributed by atoms with E-state index < -0.39 is 17.6 Å². The van der Waals surface area contributed by atoms with Crippen LogP contribution < -0.4 is 0 Å². The van der Waals surface area contributed by atoms with Crippen molar-refractivity contribution in [2.45, 2.75) is 58.2 Å². The largest absolute Gasteiger partial charge is 0.480 e. The number of amides is 1. The maximum Gasteiger partial charge on any atom is 0.326 e. The Labute approximate surface area is 299 Å². The van der Waals surface area contributed by atoms with E-state index in [0.717, 1.165) is 51.8 Å². The molecule has 5 aromatic carbocycles. The average Bonchev–Trinajstić information content (AvgIpc) is 3.65. The van der Waals surface area contributed by atoms with Gasteiger partial charge in [-0.1, -0.05) is 167 Å². The number of hydrogen-bond acceptors (Lipinski definition) is 5. The van der Waals surface area contributed by atoms with Gasteiger partial charge in [0, 0.05) is 18.5 Å². The van der Waals surface area contributed by atoms with E-state index in [9.17, 15) is 14.7 Å². The molecule has 6 rings (SSSR count). The van der Waals surface area contributed by atoms with E-state index in [2.05, 4.69) is 52.8 Å². The minimum absolute atomic E-state index is 0.141. The molecule has 0 aliphatic carbocycles. The van der Waals surface area contributed by atoms with Crippen LogP contribution in [0.15, 0.2) is 140 Å². The van der Waals surface area contributed by atoms with Gasteiger partial charge >= 0.3 is 5.97 Å². The topological polar surface area (TPSA) is 101 Å². The number of carboxylic acid groups (broad SMARTS) is 1. The first-order valence-electron chi connectivity index (χ1n) is 17.5. The zero-order valence-corrected chi connectivity index (χ0v) is 29.3. The first-order chi connectivity index (χ1) is 24.9. The quantitative estimate of drug-likeness (QED) is 0.116. The van der Waals surface area contributed by atoms with Gasteiger partial charge < -0.3 is 10.0 Å². The molecule has 51 heavy (non-hydrogen) atoms. The van der Waals surface area contributed by atoms with Crippen molar-refractivity contribution in [3.63, 3.8) is 0 Å². The summed E-state index contributed by atoms with van der Waals surface area (Å²) in [5.41, 5.74) is 5.72. The lowest BCUT2D eigenvalue weighted by molar-refractivity contribution is -0.153. The Bertz CT molecular complexity index is 1950. The third-order valence-electron chi connectivity index (χ3n) is 9.43. The minimum Gasteiger partial charge on any atom is -0.480 e. The third-order valence-corrected chi connectivity index (χ3v) is 9.43. The first-order valence-corrected chi connectivity index (χ1v) is 17.5. The molecular formula is C43H43N5O3. The highest BCUT2D eigenvalue weighted by Crippen LogP contribution is 2.43. The van der Waals surface area contributed by atoms with E-state index in [0.29, 0.717) is 12.2 Å². The van der Waals surface area contributed by atoms with Gasteiger partial charge in [-0.2, -0.15) is 0 Å². The number of benzene rings is 5. The highest BCUT2D eigenvalue weighted by atomic mass is 16.4. The fourth-order valence-corrected chi connectivity index (χ4v) is 6.99. The van der Waals surface area contributed by atoms with Crippen LogP contribution in [0.5, 0.6) is 0 Å². The van der Waals surface area contributed by atoms with Crippen LogP contribution in [0.1, 0.15) is 62.3 Å². The van der Waals surface area contributed by atoms with Crippen LogP contribution in [0.25, 0.3) is 22.5 Å². The molecule has 0 unspecified atom stereocenters. The van der Waals surface area contributed by atoms with Crippen LogP contribution in [0.2, 0.25) is 0 Å². The van der Waals surface area contributed by atoms with Crippen molar-refractivity contribution in [1.82, 2.24) is 25.1 Å². The lowest BCUT2D eigenvalue weighted by Crippen LogP contribution is -2.47. The molecule has 6 aromatic rings. The Hall–Kier alpha value is -5.89. The number of carbonyl (C=O) groups is 2. The number of aromatic nitrogens is 4. The van der Waals surface area contributed by atoms with E-state index in [1.54, 1.807) is 0 Å². The molecule has 8 heteroatoms. The molecular weight excluding hydrogens is 635 g/mol. The average molecular weight is 678 g/mol. The molecule has 1 aromatic heterocycles. The molecule has 1 amide bonds. The number of carbonyl (C=O) groups excluding carboxylic acids is 1. The van der Waals surface area contributed by atoms with Crippen LogP contribution in [-0.4, -0.2) is 48.1 Å². The normalized spacial score (nSPS) is 12.1. The monoisotopic (exact) mass is 677 g/mol. The van der Waals surface area contributed by atoms with E-state index in [4.69, 9.17) is 5.21 Å². The van der Waals surface area contributed by atoms with Crippen molar-refractivity contribution in [1.29, 1.82) is 0 Å². The summed E-state index contributed by atoms with van der Waals surface area (Å²) >= 11 is 0. The molecule has 0 saturated heterocycles. The Morgan fingerprint density at radius 3 is 1.73 bits per heavy atom. The second-order valence-electron chi connectivity index (χ2n) is 13.1. The number of aliphatic carboxylic acids is 1. The molecule has 0 bridgehead atoms. The lowest BCUT2D eigenvalue weighted by Gasteiger charge is -2.36. The lowest BCUT2D eigenvalue weighted by atomic mass is 9.77. The van der Waals surface area contributed by atoms with E-state index >= 15 is 0 Å². The number of nitrogens with zero attached hydrogens (tertiary/aromatic N) is 5. The summed E-state index contributed by atoms with van der Waals surface area (Å²) in [6, 6.07) is 46.0. The van der Waals surface area contributed by atoms with Crippen LogP contribution in [0.4, 0.5) is 0 Å². The summed E-state index contributed by atoms with van der Waals surface area (Å²) in [7, 11) is 0. The second kappa shape index (κ2) is 15.8. The van der Waals surface area contributed by atoms with Crippen molar-refractivity contribution in [3.05, 3.63) is 162 Å². The van der Waals surface area contributed by atoms with Gasteiger partial charge in [0.05, 0.1) is 0 Å². The van der Waals surface area contributed by atoms with Gasteiger partial charge in [-0.3, -0.25) is 4.79 Å². The van der Waals surface area contributed by atoms with E-state index in [1.807, 2.05) is 123 Å². The molecule has 0 radical (unpaired) electrons. The molecule has 1 N–H and O–H groups in total. The van der Waals surface area contributed by atoms with Crippen molar-refractivity contribution >= 4 is 11.9 Å². The van der Waals surface area contributed by atoms with Gasteiger partial charge in [-0.25, -0.2) is 9.48 Å². The van der Waals surface area contributed by atoms with Gasteiger partial charge in [-0.05, 0) is 56.1 Å². The molecule has 0 spiro atoms. The Balaban J connectivity index is 1.45. The maximum atomic E-state index is 13.3. The second-order valence-corrected chi connectivity index (χ2v) is 13.1. The fourth-order valence-electron chi connectivity index (χ4n) is 6.99. The fraction of sp³-hybridized carbons (Fsp3) is 0.233. The van der Waals surface area contributed by atoms with Crippen molar-refractivity contribution in [2.75, 3.05) is 0 Å². The van der Waals surface area contributed by atoms with Crippen LogP contribution in [0, 0.1) is 5.92 Å². The Kier molecular flexibility index (Phi) is 10.8. The van der Waals surface area contributed by atoms with E-state index in [1.165, 1.54) is 4.90 Å². The molecule has 8 nitrogen and oxygen atoms in total. The Morgan fingerprint density at radius 2 is 1.24 bits per heavy atom. The van der Waals surface area contributed by atoms with Gasteiger partial charge in [0.25, 0.3) is 0 Å². The van der Waals surface area contributed by atoms with Crippen LogP contribution in [-0.2, 0) is 21.7 Å². The van der Waals surface area contributed by atoms with Gasteiger partial charge in [0.15, 0.2) is 5.82 Å². The van der Waals surface area contributed by atoms with Gasteiger partial charge in [0.2, 0.25) is 5.91 Å². The predicted octanol–water partition coefficient (Wildman–Crippen LogP) is 8.48. The Morgan fingerprint density at radius 1 is 0.725 bits per heavy atom. The minimum atomic E-state index is -0.990. The molecule has 0 aliphatic heterocycles. The summed E-state index contributed by atoms with van der Waals surface area (Å²) in [6.07, 6.45) is 1.90. The zero-order valence-electron chi connectivity index (χ0n) is 29.3. The summed E-state index contributed by atoms with van der Waals surface area (Å²) in [5.74, 6) is -0.770. The van der Waals surface area contributed by atoms with Crippen LogP contribution in [0.3, 0.4) is 0 Å². The molecule has 0 saturated carbocycles. The summed E-state index contributed by atoms with van der Waals surface area (Å²) in [4.78, 5) is 27.1. The smallest absolute Gasteiger partial charge is 0.326 e. The predicted molar refractivity (Wildman–Crippen MR) is 200 cm³/mol. The molecule has 1 atom stereocenters. The van der Waals surface area contributed by atoms with E-state index in [-0.39, 0.29) is 18.4 Å². The highest BCUT2D eigenvalue weighted by Gasteiger charge is 2.42. The molecule has 258 valence electrons. The molecule has 0 aliphatic rings. The third kappa shape index (κ3) is 7.08. The summed E-state index contributed by atoms with van der Waals surface area (Å²) < 4.78 is 1.93. The summed E-state index contributed by atoms with van der Waals surface area (Å²) in [6.45, 7) is 5.92. The van der Waals surface area contributed by atoms with Gasteiger partial charge in [0.1, 0.15) is 11.6 Å². The molecule has 1 heterocycles. The van der Waals surface area contributed by atoms with Crippen LogP contribution >= 0.6 is 0 Å². The van der Waals surface area contributed by atoms with Crippen molar-refractivity contribution in [3.8, 4) is 22.5 Å². The number of unbranched alkanes of at least 4 members (excludes halogenated alkanes) is 1.